The van der Waals surface area contributed by atoms with Crippen molar-refractivity contribution in [1.29, 1.82) is 0 Å². The maximum Gasteiger partial charge on any atom is 0.197 e. The molecule has 0 unspecified atom stereocenters. The third kappa shape index (κ3) is 1.79. The molecular weight excluding hydrogens is 178 g/mol. The Hall–Kier alpha value is -1.71. The van der Waals surface area contributed by atoms with E-state index in [9.17, 15) is 0 Å². The summed E-state index contributed by atoms with van der Waals surface area (Å²) in [4.78, 5) is 0. The molecule has 72 valence electrons. The van der Waals surface area contributed by atoms with E-state index in [0.29, 0.717) is 0 Å². The number of nitrogens with zero attached hydrogens (tertiary/aromatic N) is 3. The summed E-state index contributed by atoms with van der Waals surface area (Å²) in [6.45, 7) is 3.07. The quantitative estimate of drug-likeness (QED) is 0.688. The van der Waals surface area contributed by atoms with Crippen molar-refractivity contribution in [2.24, 2.45) is 0 Å². The Kier molecular flexibility index (Phi) is 2.53. The summed E-state index contributed by atoms with van der Waals surface area (Å²) < 4.78 is 6.92. The third-order valence-electron chi connectivity index (χ3n) is 1.95. The largest absolute Gasteiger partial charge is 0.356 e. The minimum atomic E-state index is 0.751. The SMILES string of the molecule is CCC[n+]1ccc(-c2ccno2)cn1. The van der Waals surface area contributed by atoms with Gasteiger partial charge in [-0.1, -0.05) is 16.8 Å². The van der Waals surface area contributed by atoms with Crippen LogP contribution in [0.2, 0.25) is 0 Å². The lowest BCUT2D eigenvalue weighted by Crippen LogP contribution is -2.36. The van der Waals surface area contributed by atoms with Gasteiger partial charge in [0.15, 0.2) is 18.5 Å². The molecule has 14 heavy (non-hydrogen) atoms. The van der Waals surface area contributed by atoms with Gasteiger partial charge < -0.3 is 4.52 Å². The van der Waals surface area contributed by atoms with E-state index in [1.165, 1.54) is 0 Å². The Morgan fingerprint density at radius 2 is 2.36 bits per heavy atom. The Bertz CT molecular complexity index is 380. The van der Waals surface area contributed by atoms with E-state index in [2.05, 4.69) is 17.2 Å². The van der Waals surface area contributed by atoms with Crippen LogP contribution in [-0.2, 0) is 6.54 Å². The molecular formula is C10H12N3O+. The molecule has 0 saturated carbocycles. The molecule has 0 radical (unpaired) electrons. The normalized spacial score (nSPS) is 10.4. The second-order valence-electron chi connectivity index (χ2n) is 3.06. The smallest absolute Gasteiger partial charge is 0.197 e. The lowest BCUT2D eigenvalue weighted by Gasteiger charge is -1.93. The molecule has 2 aromatic rings. The van der Waals surface area contributed by atoms with Crippen LogP contribution in [0, 0.1) is 0 Å². The summed E-state index contributed by atoms with van der Waals surface area (Å²) in [5.41, 5.74) is 0.954. The van der Waals surface area contributed by atoms with Crippen LogP contribution in [-0.4, -0.2) is 10.3 Å². The predicted molar refractivity (Wildman–Crippen MR) is 50.2 cm³/mol. The molecule has 2 aromatic heterocycles. The summed E-state index contributed by atoms with van der Waals surface area (Å²) in [6.07, 6.45) is 6.44. The van der Waals surface area contributed by atoms with Gasteiger partial charge in [-0.25, -0.2) is 0 Å². The summed E-state index contributed by atoms with van der Waals surface area (Å²) in [7, 11) is 0. The van der Waals surface area contributed by atoms with Gasteiger partial charge in [-0.15, -0.1) is 0 Å². The highest BCUT2D eigenvalue weighted by atomic mass is 16.5. The van der Waals surface area contributed by atoms with Crippen LogP contribution in [0.1, 0.15) is 13.3 Å². The average molecular weight is 190 g/mol. The number of rotatable bonds is 3. The van der Waals surface area contributed by atoms with Crippen molar-refractivity contribution in [2.45, 2.75) is 19.9 Å². The zero-order chi connectivity index (χ0) is 9.80. The van der Waals surface area contributed by atoms with Crippen LogP contribution in [0.4, 0.5) is 0 Å². The molecule has 0 aromatic carbocycles. The summed E-state index contributed by atoms with van der Waals surface area (Å²) in [5, 5.41) is 7.90. The monoisotopic (exact) mass is 190 g/mol. The summed E-state index contributed by atoms with van der Waals surface area (Å²) >= 11 is 0. The fourth-order valence-corrected chi connectivity index (χ4v) is 1.26. The molecule has 2 rings (SSSR count). The van der Waals surface area contributed by atoms with E-state index in [4.69, 9.17) is 4.52 Å². The molecule has 0 spiro atoms. The van der Waals surface area contributed by atoms with Gasteiger partial charge in [0, 0.05) is 18.6 Å². The third-order valence-corrected chi connectivity index (χ3v) is 1.95. The molecule has 4 nitrogen and oxygen atoms in total. The van der Waals surface area contributed by atoms with Crippen molar-refractivity contribution in [1.82, 2.24) is 10.3 Å². The molecule has 0 N–H and O–H groups in total. The second kappa shape index (κ2) is 4.00. The molecule has 4 heteroatoms. The Labute approximate surface area is 82.2 Å². The van der Waals surface area contributed by atoms with Crippen molar-refractivity contribution in [3.63, 3.8) is 0 Å². The fraction of sp³-hybridized carbons (Fsp3) is 0.300. The Morgan fingerprint density at radius 3 is 2.93 bits per heavy atom. The van der Waals surface area contributed by atoms with Gasteiger partial charge in [-0.05, 0) is 5.10 Å². The first-order valence-electron chi connectivity index (χ1n) is 4.67. The maximum absolute atomic E-state index is 5.02. The lowest BCUT2D eigenvalue weighted by molar-refractivity contribution is -0.753. The topological polar surface area (TPSA) is 42.8 Å². The molecule has 0 saturated heterocycles. The predicted octanol–water partition coefficient (Wildman–Crippen LogP) is 1.43. The molecule has 0 fully saturated rings. The molecule has 0 atom stereocenters. The van der Waals surface area contributed by atoms with Crippen molar-refractivity contribution in [3.05, 3.63) is 30.7 Å². The Morgan fingerprint density at radius 1 is 1.43 bits per heavy atom. The minimum absolute atomic E-state index is 0.751. The highest BCUT2D eigenvalue weighted by Gasteiger charge is 2.05. The minimum Gasteiger partial charge on any atom is -0.356 e. The van der Waals surface area contributed by atoms with Crippen molar-refractivity contribution in [3.8, 4) is 11.3 Å². The van der Waals surface area contributed by atoms with Crippen molar-refractivity contribution < 1.29 is 9.20 Å². The van der Waals surface area contributed by atoms with Gasteiger partial charge >= 0.3 is 0 Å². The number of aromatic nitrogens is 3. The van der Waals surface area contributed by atoms with Crippen LogP contribution in [0.15, 0.2) is 35.2 Å². The van der Waals surface area contributed by atoms with E-state index in [1.807, 2.05) is 23.0 Å². The number of hydrogen-bond donors (Lipinski definition) is 0. The van der Waals surface area contributed by atoms with E-state index in [1.54, 1.807) is 12.4 Å². The Balaban J connectivity index is 2.22. The lowest BCUT2D eigenvalue weighted by atomic mass is 10.2. The summed E-state index contributed by atoms with van der Waals surface area (Å²) in [6, 6.07) is 3.80. The van der Waals surface area contributed by atoms with Gasteiger partial charge in [-0.3, -0.25) is 0 Å². The van der Waals surface area contributed by atoms with Crippen LogP contribution in [0.5, 0.6) is 0 Å². The zero-order valence-corrected chi connectivity index (χ0v) is 8.05. The van der Waals surface area contributed by atoms with Crippen LogP contribution in [0.25, 0.3) is 11.3 Å². The second-order valence-corrected chi connectivity index (χ2v) is 3.06. The molecule has 2 heterocycles. The maximum atomic E-state index is 5.02. The molecule has 0 aliphatic carbocycles. The van der Waals surface area contributed by atoms with Gasteiger partial charge in [0.2, 0.25) is 0 Å². The van der Waals surface area contributed by atoms with Gasteiger partial charge in [-0.2, -0.15) is 0 Å². The average Bonchev–Trinajstić information content (AvgIpc) is 2.72. The van der Waals surface area contributed by atoms with E-state index in [0.717, 1.165) is 24.3 Å². The van der Waals surface area contributed by atoms with Crippen LogP contribution >= 0.6 is 0 Å². The van der Waals surface area contributed by atoms with E-state index < -0.39 is 0 Å². The number of hydrogen-bond acceptors (Lipinski definition) is 3. The fourth-order valence-electron chi connectivity index (χ4n) is 1.26. The number of aryl methyl sites for hydroxylation is 1. The van der Waals surface area contributed by atoms with Crippen LogP contribution < -0.4 is 4.68 Å². The van der Waals surface area contributed by atoms with Gasteiger partial charge in [0.05, 0.1) is 11.8 Å². The molecule has 0 aliphatic heterocycles. The molecule has 0 aliphatic rings. The van der Waals surface area contributed by atoms with E-state index in [-0.39, 0.29) is 0 Å². The van der Waals surface area contributed by atoms with Gasteiger partial charge in [0.25, 0.3) is 0 Å². The first-order chi connectivity index (χ1) is 6.90. The summed E-state index contributed by atoms with van der Waals surface area (Å²) in [5.74, 6) is 0.751. The molecule has 0 bridgehead atoms. The van der Waals surface area contributed by atoms with E-state index >= 15 is 0 Å². The standard InChI is InChI=1S/C10H12N3O/c1-2-6-13-7-4-9(8-11-13)10-3-5-12-14-10/h3-5,7-8H,2,6H2,1H3/q+1. The zero-order valence-electron chi connectivity index (χ0n) is 8.05. The van der Waals surface area contributed by atoms with Crippen LogP contribution in [0.3, 0.4) is 0 Å². The highest BCUT2D eigenvalue weighted by molar-refractivity contribution is 5.53. The van der Waals surface area contributed by atoms with Crippen molar-refractivity contribution >= 4 is 0 Å². The van der Waals surface area contributed by atoms with Crippen molar-refractivity contribution in [2.75, 3.05) is 0 Å². The first-order valence-corrected chi connectivity index (χ1v) is 4.67. The first kappa shape index (κ1) is 8.87. The highest BCUT2D eigenvalue weighted by Crippen LogP contribution is 2.14. The van der Waals surface area contributed by atoms with Gasteiger partial charge in [0.1, 0.15) is 6.20 Å². The molecule has 0 amide bonds.